The maximum atomic E-state index is 12.6. The van der Waals surface area contributed by atoms with Gasteiger partial charge < -0.3 is 15.4 Å². The number of fused-ring (bicyclic) bond motifs is 1. The van der Waals surface area contributed by atoms with Crippen LogP contribution in [0.3, 0.4) is 0 Å². The summed E-state index contributed by atoms with van der Waals surface area (Å²) >= 11 is 0. The number of nitrogens with two attached hydrogens (primary N) is 1. The van der Waals surface area contributed by atoms with Crippen molar-refractivity contribution in [3.63, 3.8) is 0 Å². The van der Waals surface area contributed by atoms with Gasteiger partial charge in [-0.05, 0) is 67.3 Å². The van der Waals surface area contributed by atoms with Crippen LogP contribution in [0, 0.1) is 5.92 Å². The molecule has 2 unspecified atom stereocenters. The van der Waals surface area contributed by atoms with Gasteiger partial charge >= 0.3 is 0 Å². The largest absolute Gasteiger partial charge is 0.488 e. The van der Waals surface area contributed by atoms with Crippen molar-refractivity contribution >= 4 is 21.4 Å². The number of nitrogens with zero attached hydrogens (tertiary/aromatic N) is 1. The minimum absolute atomic E-state index is 0.119. The number of hydrogen-bond acceptors (Lipinski definition) is 5. The van der Waals surface area contributed by atoms with Gasteiger partial charge in [-0.2, -0.15) is 0 Å². The van der Waals surface area contributed by atoms with Gasteiger partial charge in [0.05, 0.1) is 17.8 Å². The van der Waals surface area contributed by atoms with Crippen LogP contribution in [-0.2, 0) is 10.0 Å². The van der Waals surface area contributed by atoms with Crippen LogP contribution in [0.1, 0.15) is 61.7 Å². The Kier molecular flexibility index (Phi) is 6.41. The first-order valence-corrected chi connectivity index (χ1v) is 13.7. The second kappa shape index (κ2) is 9.34. The zero-order chi connectivity index (χ0) is 23.9. The van der Waals surface area contributed by atoms with E-state index in [0.717, 1.165) is 55.3 Å². The molecule has 0 radical (unpaired) electrons. The highest BCUT2D eigenvalue weighted by molar-refractivity contribution is 7.92. The van der Waals surface area contributed by atoms with E-state index in [1.165, 1.54) is 0 Å². The highest BCUT2D eigenvalue weighted by atomic mass is 32.2. The van der Waals surface area contributed by atoms with Crippen molar-refractivity contribution in [1.29, 1.82) is 0 Å². The van der Waals surface area contributed by atoms with E-state index in [9.17, 15) is 17.2 Å². The molecule has 0 spiro atoms. The Morgan fingerprint density at radius 2 is 1.76 bits per heavy atom. The topological polar surface area (TPSA) is 84.7 Å². The van der Waals surface area contributed by atoms with Crippen LogP contribution in [0.4, 0.5) is 20.2 Å². The Morgan fingerprint density at radius 3 is 2.35 bits per heavy atom. The van der Waals surface area contributed by atoms with E-state index in [2.05, 4.69) is 9.62 Å². The zero-order valence-electron chi connectivity index (χ0n) is 19.0. The zero-order valence-corrected chi connectivity index (χ0v) is 19.8. The fourth-order valence-electron chi connectivity index (χ4n) is 5.17. The number of hydrogen-bond donors (Lipinski definition) is 2. The fraction of sp³-hybridized carbons (Fsp3) is 0.520. The maximum Gasteiger partial charge on any atom is 0.272 e. The van der Waals surface area contributed by atoms with E-state index in [0.29, 0.717) is 17.5 Å². The summed E-state index contributed by atoms with van der Waals surface area (Å²) in [5.74, 6) is 0.841. The maximum absolute atomic E-state index is 12.6. The molecular formula is C25H31F2N3O3S. The Hall–Kier alpha value is -2.39. The number of alkyl halides is 2. The lowest BCUT2D eigenvalue weighted by Gasteiger charge is -2.41. The van der Waals surface area contributed by atoms with E-state index in [1.807, 2.05) is 24.3 Å². The quantitative estimate of drug-likeness (QED) is 0.517. The van der Waals surface area contributed by atoms with E-state index in [4.69, 9.17) is 10.5 Å². The van der Waals surface area contributed by atoms with Gasteiger partial charge in [-0.1, -0.05) is 24.6 Å². The molecule has 2 aliphatic carbocycles. The second-order valence-electron chi connectivity index (χ2n) is 9.69. The Morgan fingerprint density at radius 1 is 1.06 bits per heavy atom. The van der Waals surface area contributed by atoms with Crippen molar-refractivity contribution in [1.82, 2.24) is 0 Å². The first-order chi connectivity index (χ1) is 16.3. The van der Waals surface area contributed by atoms with Crippen molar-refractivity contribution in [2.75, 3.05) is 22.0 Å². The first-order valence-electron chi connectivity index (χ1n) is 12.0. The number of benzene rings is 2. The van der Waals surface area contributed by atoms with Crippen molar-refractivity contribution < 1.29 is 21.9 Å². The molecule has 2 saturated carbocycles. The lowest BCUT2D eigenvalue weighted by Crippen LogP contribution is -2.42. The molecule has 3 N–H and O–H groups in total. The van der Waals surface area contributed by atoms with Crippen LogP contribution in [0.2, 0.25) is 0 Å². The molecule has 6 nitrogen and oxygen atoms in total. The molecule has 2 aromatic rings. The molecule has 0 aromatic heterocycles. The smallest absolute Gasteiger partial charge is 0.272 e. The van der Waals surface area contributed by atoms with Crippen molar-refractivity contribution in [2.45, 2.75) is 63.1 Å². The average molecular weight is 492 g/mol. The van der Waals surface area contributed by atoms with Crippen molar-refractivity contribution in [2.24, 2.45) is 11.7 Å². The lowest BCUT2D eigenvalue weighted by molar-refractivity contribution is 0.0819. The summed E-state index contributed by atoms with van der Waals surface area (Å²) in [6.07, 6.45) is 3.76. The highest BCUT2D eigenvalue weighted by Crippen LogP contribution is 2.51. The summed E-state index contributed by atoms with van der Waals surface area (Å²) in [4.78, 5) is 2.30. The van der Waals surface area contributed by atoms with E-state index in [1.54, 1.807) is 18.2 Å². The molecule has 34 heavy (non-hydrogen) atoms. The molecule has 1 heterocycles. The molecule has 2 atom stereocenters. The predicted octanol–water partition coefficient (Wildman–Crippen LogP) is 4.99. The summed E-state index contributed by atoms with van der Waals surface area (Å²) in [5, 5.41) is 0. The Labute approximate surface area is 199 Å². The van der Waals surface area contributed by atoms with Gasteiger partial charge in [0, 0.05) is 23.5 Å². The molecule has 2 aromatic carbocycles. The third-order valence-electron chi connectivity index (χ3n) is 7.33. The predicted molar refractivity (Wildman–Crippen MR) is 129 cm³/mol. The number of anilines is 2. The summed E-state index contributed by atoms with van der Waals surface area (Å²) < 4.78 is 58.2. The molecule has 9 heteroatoms. The molecule has 0 bridgehead atoms. The van der Waals surface area contributed by atoms with Crippen LogP contribution in [0.5, 0.6) is 5.75 Å². The molecule has 0 saturated heterocycles. The normalized spacial score (nSPS) is 22.9. The third-order valence-corrected chi connectivity index (χ3v) is 8.79. The molecule has 184 valence electrons. The SMILES string of the molecule is NC1c2ccc(OCC(F)F)cc2N(C2CCC2)C1c1ccc(NS(=O)(=O)CC2CCC2)cc1. The highest BCUT2D eigenvalue weighted by Gasteiger charge is 2.42. The molecule has 3 aliphatic rings. The van der Waals surface area contributed by atoms with Crippen LogP contribution in [-0.4, -0.2) is 33.2 Å². The minimum Gasteiger partial charge on any atom is -0.488 e. The Balaban J connectivity index is 1.37. The van der Waals surface area contributed by atoms with Crippen LogP contribution in [0.25, 0.3) is 0 Å². The van der Waals surface area contributed by atoms with E-state index < -0.39 is 23.1 Å². The Bertz CT molecular complexity index is 1120. The minimum atomic E-state index is -3.37. The van der Waals surface area contributed by atoms with Gasteiger partial charge in [-0.15, -0.1) is 0 Å². The van der Waals surface area contributed by atoms with Gasteiger partial charge in [0.15, 0.2) is 0 Å². The average Bonchev–Trinajstić information content (AvgIpc) is 3.00. The van der Waals surface area contributed by atoms with Gasteiger partial charge in [-0.25, -0.2) is 17.2 Å². The standard InChI is InChI=1S/C25H31F2N3O3S/c26-23(27)14-33-20-11-12-21-22(13-20)30(19-5-2-6-19)25(24(21)28)17-7-9-18(10-8-17)29-34(31,32)15-16-3-1-4-16/h7-13,16,19,23-25,29H,1-6,14-15,28H2. The summed E-state index contributed by atoms with van der Waals surface area (Å²) in [7, 11) is -3.37. The number of sulfonamides is 1. The van der Waals surface area contributed by atoms with Crippen molar-refractivity contribution in [3.05, 3.63) is 53.6 Å². The molecular weight excluding hydrogens is 460 g/mol. The van der Waals surface area contributed by atoms with Crippen LogP contribution >= 0.6 is 0 Å². The summed E-state index contributed by atoms with van der Waals surface area (Å²) in [6.45, 7) is -0.643. The summed E-state index contributed by atoms with van der Waals surface area (Å²) in [6, 6.07) is 12.7. The third kappa shape index (κ3) is 4.73. The molecule has 0 amide bonds. The number of ether oxygens (including phenoxy) is 1. The van der Waals surface area contributed by atoms with Gasteiger partial charge in [0.25, 0.3) is 6.43 Å². The molecule has 5 rings (SSSR count). The summed E-state index contributed by atoms with van der Waals surface area (Å²) in [5.41, 5.74) is 10.1. The second-order valence-corrected chi connectivity index (χ2v) is 11.5. The first kappa shape index (κ1) is 23.4. The fourth-order valence-corrected chi connectivity index (χ4v) is 6.70. The number of rotatable bonds is 9. The van der Waals surface area contributed by atoms with Gasteiger partial charge in [-0.3, -0.25) is 4.72 Å². The lowest BCUT2D eigenvalue weighted by atomic mass is 9.87. The van der Waals surface area contributed by atoms with Gasteiger partial charge in [0.1, 0.15) is 12.4 Å². The molecule has 1 aliphatic heterocycles. The van der Waals surface area contributed by atoms with E-state index >= 15 is 0 Å². The van der Waals surface area contributed by atoms with Gasteiger partial charge in [0.2, 0.25) is 10.0 Å². The molecule has 2 fully saturated rings. The van der Waals surface area contributed by atoms with Crippen molar-refractivity contribution in [3.8, 4) is 5.75 Å². The number of nitrogens with one attached hydrogen (secondary N) is 1. The number of halogens is 2. The van der Waals surface area contributed by atoms with Crippen LogP contribution in [0.15, 0.2) is 42.5 Å². The van der Waals surface area contributed by atoms with E-state index in [-0.39, 0.29) is 23.8 Å². The van der Waals surface area contributed by atoms with Crippen LogP contribution < -0.4 is 20.1 Å². The monoisotopic (exact) mass is 491 g/mol.